The second-order valence-electron chi connectivity index (χ2n) is 5.68. The molecule has 25 heavy (non-hydrogen) atoms. The van der Waals surface area contributed by atoms with Gasteiger partial charge in [0, 0.05) is 6.42 Å². The van der Waals surface area contributed by atoms with E-state index in [1.165, 1.54) is 11.3 Å². The molecule has 0 aliphatic carbocycles. The average molecular weight is 379 g/mol. The number of thiophene rings is 1. The summed E-state index contributed by atoms with van der Waals surface area (Å²) in [6.45, 7) is 0.728. The van der Waals surface area contributed by atoms with Crippen molar-refractivity contribution in [3.05, 3.63) is 45.6 Å². The number of carbonyl (C=O) groups is 1. The number of amides is 1. The minimum absolute atomic E-state index is 0.219. The Balaban J connectivity index is 1.28. The Labute approximate surface area is 153 Å². The summed E-state index contributed by atoms with van der Waals surface area (Å²) in [4.78, 5) is 18.5. The second kappa shape index (κ2) is 6.93. The van der Waals surface area contributed by atoms with Crippen LogP contribution >= 0.6 is 22.9 Å². The van der Waals surface area contributed by atoms with E-state index in [4.69, 9.17) is 25.9 Å². The van der Waals surface area contributed by atoms with Crippen molar-refractivity contribution in [2.45, 2.75) is 18.6 Å². The molecule has 2 atom stereocenters. The zero-order valence-corrected chi connectivity index (χ0v) is 14.7. The van der Waals surface area contributed by atoms with Crippen LogP contribution in [0.15, 0.2) is 41.6 Å². The number of carbonyl (C=O) groups excluding carboxylic acids is 1. The van der Waals surface area contributed by atoms with Gasteiger partial charge in [-0.25, -0.2) is 0 Å². The number of para-hydroxylation sites is 2. The first-order valence-corrected chi connectivity index (χ1v) is 9.03. The van der Waals surface area contributed by atoms with E-state index in [-0.39, 0.29) is 12.0 Å². The topological polar surface area (TPSA) is 69.2 Å². The SMILES string of the molecule is O=C(NC[C@@H]1COc2ccccc2O1)[C@H]1CC(c2ccc(Cl)s2)=NO1. The lowest BCUT2D eigenvalue weighted by atomic mass is 10.1. The number of hydrogen-bond donors (Lipinski definition) is 1. The van der Waals surface area contributed by atoms with Crippen LogP contribution in [0.3, 0.4) is 0 Å². The Bertz CT molecular complexity index is 822. The van der Waals surface area contributed by atoms with Gasteiger partial charge in [-0.05, 0) is 24.3 Å². The Hall–Kier alpha value is -2.25. The minimum atomic E-state index is -0.632. The van der Waals surface area contributed by atoms with Crippen molar-refractivity contribution in [1.29, 1.82) is 0 Å². The summed E-state index contributed by atoms with van der Waals surface area (Å²) in [5, 5.41) is 6.84. The number of hydrogen-bond acceptors (Lipinski definition) is 6. The molecule has 1 aromatic heterocycles. The Kier molecular flexibility index (Phi) is 4.50. The highest BCUT2D eigenvalue weighted by atomic mass is 35.5. The predicted octanol–water partition coefficient (Wildman–Crippen LogP) is 2.85. The van der Waals surface area contributed by atoms with Crippen molar-refractivity contribution in [2.75, 3.05) is 13.2 Å². The summed E-state index contributed by atoms with van der Waals surface area (Å²) in [5.41, 5.74) is 0.739. The van der Waals surface area contributed by atoms with Gasteiger partial charge in [0.25, 0.3) is 5.91 Å². The number of nitrogens with zero attached hydrogens (tertiary/aromatic N) is 1. The molecule has 0 saturated heterocycles. The summed E-state index contributed by atoms with van der Waals surface area (Å²) < 4.78 is 12.1. The number of nitrogens with one attached hydrogen (secondary N) is 1. The van der Waals surface area contributed by atoms with E-state index in [0.717, 1.165) is 16.3 Å². The lowest BCUT2D eigenvalue weighted by Crippen LogP contribution is -2.44. The van der Waals surface area contributed by atoms with Crippen molar-refractivity contribution in [3.8, 4) is 11.5 Å². The van der Waals surface area contributed by atoms with Crippen LogP contribution in [-0.4, -0.2) is 37.0 Å². The molecule has 2 aliphatic heterocycles. The molecule has 0 unspecified atom stereocenters. The van der Waals surface area contributed by atoms with Crippen LogP contribution in [0.4, 0.5) is 0 Å². The molecule has 2 aliphatic rings. The van der Waals surface area contributed by atoms with Gasteiger partial charge in [-0.3, -0.25) is 4.79 Å². The van der Waals surface area contributed by atoms with Crippen molar-refractivity contribution in [1.82, 2.24) is 5.32 Å². The molecular formula is C17H15ClN2O4S. The number of fused-ring (bicyclic) bond motifs is 1. The van der Waals surface area contributed by atoms with E-state index in [1.54, 1.807) is 6.07 Å². The van der Waals surface area contributed by atoms with E-state index >= 15 is 0 Å². The van der Waals surface area contributed by atoms with Crippen LogP contribution in [0.1, 0.15) is 11.3 Å². The second-order valence-corrected chi connectivity index (χ2v) is 7.40. The highest BCUT2D eigenvalue weighted by molar-refractivity contribution is 7.18. The third-order valence-electron chi connectivity index (χ3n) is 3.89. The van der Waals surface area contributed by atoms with Gasteiger partial charge in [0.05, 0.1) is 15.8 Å². The van der Waals surface area contributed by atoms with Crippen molar-refractivity contribution < 1.29 is 19.1 Å². The van der Waals surface area contributed by atoms with E-state index in [9.17, 15) is 4.79 Å². The first kappa shape index (κ1) is 16.2. The number of benzene rings is 1. The van der Waals surface area contributed by atoms with Crippen LogP contribution in [-0.2, 0) is 9.63 Å². The fourth-order valence-corrected chi connectivity index (χ4v) is 3.66. The monoisotopic (exact) mass is 378 g/mol. The Morgan fingerprint density at radius 1 is 1.28 bits per heavy atom. The normalized spacial score (nSPS) is 21.4. The highest BCUT2D eigenvalue weighted by Gasteiger charge is 2.30. The fraction of sp³-hybridized carbons (Fsp3) is 0.294. The molecule has 2 aromatic rings. The lowest BCUT2D eigenvalue weighted by molar-refractivity contribution is -0.131. The molecule has 130 valence electrons. The summed E-state index contributed by atoms with van der Waals surface area (Å²) in [6, 6.07) is 11.1. The molecule has 3 heterocycles. The molecule has 6 nitrogen and oxygen atoms in total. The molecule has 0 spiro atoms. The first-order valence-electron chi connectivity index (χ1n) is 7.83. The first-order chi connectivity index (χ1) is 12.2. The summed E-state index contributed by atoms with van der Waals surface area (Å²) in [7, 11) is 0. The molecule has 0 fully saturated rings. The van der Waals surface area contributed by atoms with Gasteiger partial charge in [-0.1, -0.05) is 28.9 Å². The largest absolute Gasteiger partial charge is 0.486 e. The standard InChI is InChI=1S/C17H15ClN2O4S/c18-16-6-5-15(25-16)11-7-14(24-20-11)17(21)19-8-10-9-22-12-3-1-2-4-13(12)23-10/h1-6,10,14H,7-9H2,(H,19,21)/t10-,14-/m1/s1. The van der Waals surface area contributed by atoms with Gasteiger partial charge in [-0.2, -0.15) is 0 Å². The smallest absolute Gasteiger partial charge is 0.264 e. The highest BCUT2D eigenvalue weighted by Crippen LogP contribution is 2.30. The van der Waals surface area contributed by atoms with Gasteiger partial charge in [0.15, 0.2) is 11.5 Å². The van der Waals surface area contributed by atoms with Crippen LogP contribution in [0.25, 0.3) is 0 Å². The summed E-state index contributed by atoms with van der Waals surface area (Å²) >= 11 is 7.34. The van der Waals surface area contributed by atoms with Crippen molar-refractivity contribution >= 4 is 34.6 Å². The minimum Gasteiger partial charge on any atom is -0.486 e. The molecule has 8 heteroatoms. The Morgan fingerprint density at radius 3 is 2.92 bits per heavy atom. The van der Waals surface area contributed by atoms with Gasteiger partial charge in [0.1, 0.15) is 18.4 Å². The number of oxime groups is 1. The summed E-state index contributed by atoms with van der Waals surface area (Å²) in [5.74, 6) is 1.19. The number of halogens is 1. The molecule has 0 bridgehead atoms. The van der Waals surface area contributed by atoms with E-state index in [1.807, 2.05) is 30.3 Å². The maximum absolute atomic E-state index is 12.3. The molecule has 0 saturated carbocycles. The van der Waals surface area contributed by atoms with Crippen LogP contribution in [0.5, 0.6) is 11.5 Å². The molecule has 0 radical (unpaired) electrons. The van der Waals surface area contributed by atoms with E-state index in [0.29, 0.717) is 29.7 Å². The predicted molar refractivity (Wildman–Crippen MR) is 94.7 cm³/mol. The van der Waals surface area contributed by atoms with Gasteiger partial charge >= 0.3 is 0 Å². The van der Waals surface area contributed by atoms with Crippen LogP contribution in [0.2, 0.25) is 4.34 Å². The van der Waals surface area contributed by atoms with Crippen molar-refractivity contribution in [3.63, 3.8) is 0 Å². The third-order valence-corrected chi connectivity index (χ3v) is 5.17. The van der Waals surface area contributed by atoms with E-state index < -0.39 is 6.10 Å². The quantitative estimate of drug-likeness (QED) is 0.888. The fourth-order valence-electron chi connectivity index (χ4n) is 2.62. The van der Waals surface area contributed by atoms with Gasteiger partial charge in [0.2, 0.25) is 6.10 Å². The lowest BCUT2D eigenvalue weighted by Gasteiger charge is -2.26. The third kappa shape index (κ3) is 3.57. The zero-order chi connectivity index (χ0) is 17.2. The average Bonchev–Trinajstić information content (AvgIpc) is 3.28. The van der Waals surface area contributed by atoms with Crippen LogP contribution in [0, 0.1) is 0 Å². The summed E-state index contributed by atoms with van der Waals surface area (Å²) in [6.07, 6.45) is -0.447. The molecular weight excluding hydrogens is 364 g/mol. The molecule has 1 N–H and O–H groups in total. The molecule has 1 amide bonds. The van der Waals surface area contributed by atoms with Crippen LogP contribution < -0.4 is 14.8 Å². The Morgan fingerprint density at radius 2 is 2.12 bits per heavy atom. The molecule has 1 aromatic carbocycles. The van der Waals surface area contributed by atoms with Crippen molar-refractivity contribution in [2.24, 2.45) is 5.16 Å². The van der Waals surface area contributed by atoms with E-state index in [2.05, 4.69) is 10.5 Å². The zero-order valence-electron chi connectivity index (χ0n) is 13.1. The number of rotatable bonds is 4. The molecule has 4 rings (SSSR count). The maximum atomic E-state index is 12.3. The van der Waals surface area contributed by atoms with Gasteiger partial charge in [-0.15, -0.1) is 11.3 Å². The maximum Gasteiger partial charge on any atom is 0.264 e. The number of ether oxygens (including phenoxy) is 2. The van der Waals surface area contributed by atoms with Gasteiger partial charge < -0.3 is 19.6 Å².